The molecule has 1 atom stereocenters. The molecular weight excluding hydrogens is 198 g/mol. The Morgan fingerprint density at radius 3 is 2.75 bits per heavy atom. The smallest absolute Gasteiger partial charge is 0.0884 e. The molecule has 90 valence electrons. The average Bonchev–Trinajstić information content (AvgIpc) is 2.71. The molecule has 1 heterocycles. The van der Waals surface area contributed by atoms with Gasteiger partial charge in [-0.3, -0.25) is 4.68 Å². The van der Waals surface area contributed by atoms with E-state index in [0.717, 1.165) is 17.8 Å². The van der Waals surface area contributed by atoms with Crippen molar-refractivity contribution in [3.05, 3.63) is 11.9 Å². The summed E-state index contributed by atoms with van der Waals surface area (Å²) in [5.74, 6) is 0.610. The van der Waals surface area contributed by atoms with Crippen LogP contribution in [0.3, 0.4) is 0 Å². The number of rotatable bonds is 3. The molecule has 0 saturated heterocycles. The van der Waals surface area contributed by atoms with Crippen molar-refractivity contribution in [1.82, 2.24) is 9.78 Å². The molecule has 2 N–H and O–H groups in total. The van der Waals surface area contributed by atoms with Gasteiger partial charge >= 0.3 is 0 Å². The first-order valence-corrected chi connectivity index (χ1v) is 6.57. The number of hydrogen-bond donors (Lipinski definition) is 1. The lowest BCUT2D eigenvalue weighted by atomic mass is 9.86. The Morgan fingerprint density at radius 1 is 1.44 bits per heavy atom. The summed E-state index contributed by atoms with van der Waals surface area (Å²) in [5.41, 5.74) is 8.13. The second-order valence-corrected chi connectivity index (χ2v) is 5.04. The zero-order valence-corrected chi connectivity index (χ0v) is 10.4. The summed E-state index contributed by atoms with van der Waals surface area (Å²) in [6.07, 6.45) is 9.69. The first-order chi connectivity index (χ1) is 7.72. The maximum atomic E-state index is 6.08. The van der Waals surface area contributed by atoms with Crippen molar-refractivity contribution < 1.29 is 0 Å². The van der Waals surface area contributed by atoms with Gasteiger partial charge in [0.15, 0.2) is 0 Å². The van der Waals surface area contributed by atoms with E-state index in [2.05, 4.69) is 13.8 Å². The van der Waals surface area contributed by atoms with Gasteiger partial charge in [0.25, 0.3) is 0 Å². The van der Waals surface area contributed by atoms with Crippen molar-refractivity contribution in [2.24, 2.45) is 0 Å². The molecule has 1 aliphatic rings. The lowest BCUT2D eigenvalue weighted by Gasteiger charge is -2.20. The van der Waals surface area contributed by atoms with Crippen molar-refractivity contribution in [3.63, 3.8) is 0 Å². The summed E-state index contributed by atoms with van der Waals surface area (Å²) < 4.78 is 2.04. The van der Waals surface area contributed by atoms with Crippen molar-refractivity contribution >= 4 is 5.69 Å². The van der Waals surface area contributed by atoms with E-state index in [0.29, 0.717) is 12.0 Å². The molecule has 3 nitrogen and oxygen atoms in total. The zero-order valence-electron chi connectivity index (χ0n) is 10.4. The first kappa shape index (κ1) is 11.5. The highest BCUT2D eigenvalue weighted by atomic mass is 15.3. The van der Waals surface area contributed by atoms with Crippen LogP contribution in [-0.2, 0) is 0 Å². The summed E-state index contributed by atoms with van der Waals surface area (Å²) in [6.45, 7) is 4.37. The molecule has 0 spiro atoms. The quantitative estimate of drug-likeness (QED) is 0.849. The van der Waals surface area contributed by atoms with Crippen molar-refractivity contribution in [2.45, 2.75) is 64.3 Å². The van der Waals surface area contributed by atoms with Crippen LogP contribution >= 0.6 is 0 Å². The van der Waals surface area contributed by atoms with E-state index in [1.54, 1.807) is 0 Å². The summed E-state index contributed by atoms with van der Waals surface area (Å²) in [7, 11) is 0. The molecule has 1 aliphatic carbocycles. The van der Waals surface area contributed by atoms with Crippen molar-refractivity contribution in [3.8, 4) is 0 Å². The SMILES string of the molecule is CCC(C)n1cc(N)c(C2CCCCC2)n1. The lowest BCUT2D eigenvalue weighted by molar-refractivity contribution is 0.420. The van der Waals surface area contributed by atoms with Crippen LogP contribution < -0.4 is 5.73 Å². The summed E-state index contributed by atoms with van der Waals surface area (Å²) in [5, 5.41) is 4.70. The number of nitrogens with two attached hydrogens (primary N) is 1. The molecule has 0 amide bonds. The van der Waals surface area contributed by atoms with Gasteiger partial charge in [-0.1, -0.05) is 26.2 Å². The van der Waals surface area contributed by atoms with E-state index in [1.165, 1.54) is 32.1 Å². The van der Waals surface area contributed by atoms with Crippen LogP contribution in [0.5, 0.6) is 0 Å². The minimum Gasteiger partial charge on any atom is -0.396 e. The van der Waals surface area contributed by atoms with Crippen LogP contribution in [0.4, 0.5) is 5.69 Å². The first-order valence-electron chi connectivity index (χ1n) is 6.57. The largest absolute Gasteiger partial charge is 0.396 e. The molecule has 1 aromatic heterocycles. The summed E-state index contributed by atoms with van der Waals surface area (Å²) in [6, 6.07) is 0.458. The number of anilines is 1. The molecule has 16 heavy (non-hydrogen) atoms. The van der Waals surface area contributed by atoms with Gasteiger partial charge in [0, 0.05) is 18.2 Å². The maximum absolute atomic E-state index is 6.08. The number of nitrogen functional groups attached to an aromatic ring is 1. The van der Waals surface area contributed by atoms with Gasteiger partial charge in [-0.25, -0.2) is 0 Å². The molecule has 1 unspecified atom stereocenters. The van der Waals surface area contributed by atoms with Crippen LogP contribution in [-0.4, -0.2) is 9.78 Å². The average molecular weight is 221 g/mol. The fourth-order valence-electron chi connectivity index (χ4n) is 2.53. The highest BCUT2D eigenvalue weighted by Gasteiger charge is 2.21. The third-order valence-electron chi connectivity index (χ3n) is 3.82. The fourth-order valence-corrected chi connectivity index (χ4v) is 2.53. The molecule has 0 radical (unpaired) electrons. The number of nitrogens with zero attached hydrogens (tertiary/aromatic N) is 2. The molecule has 2 rings (SSSR count). The third-order valence-corrected chi connectivity index (χ3v) is 3.82. The molecule has 0 aromatic carbocycles. The van der Waals surface area contributed by atoms with Gasteiger partial charge in [-0.15, -0.1) is 0 Å². The van der Waals surface area contributed by atoms with Crippen LogP contribution in [0.1, 0.15) is 70.0 Å². The van der Waals surface area contributed by atoms with E-state index in [9.17, 15) is 0 Å². The Bertz CT molecular complexity index is 337. The van der Waals surface area contributed by atoms with Gasteiger partial charge < -0.3 is 5.73 Å². The molecule has 1 aromatic rings. The Balaban J connectivity index is 2.17. The number of hydrogen-bond acceptors (Lipinski definition) is 2. The maximum Gasteiger partial charge on any atom is 0.0884 e. The Labute approximate surface area is 98.0 Å². The Kier molecular flexibility index (Phi) is 3.52. The predicted octanol–water partition coefficient (Wildman–Crippen LogP) is 3.48. The van der Waals surface area contributed by atoms with E-state index >= 15 is 0 Å². The fraction of sp³-hybridized carbons (Fsp3) is 0.769. The molecular formula is C13H23N3. The van der Waals surface area contributed by atoms with Gasteiger partial charge in [-0.05, 0) is 26.2 Å². The van der Waals surface area contributed by atoms with Crippen LogP contribution in [0.2, 0.25) is 0 Å². The molecule has 3 heteroatoms. The molecule has 0 bridgehead atoms. The van der Waals surface area contributed by atoms with E-state index in [-0.39, 0.29) is 0 Å². The van der Waals surface area contributed by atoms with E-state index in [4.69, 9.17) is 10.8 Å². The van der Waals surface area contributed by atoms with E-state index < -0.39 is 0 Å². The van der Waals surface area contributed by atoms with Gasteiger partial charge in [0.2, 0.25) is 0 Å². The predicted molar refractivity (Wildman–Crippen MR) is 67.5 cm³/mol. The van der Waals surface area contributed by atoms with Crippen LogP contribution in [0.15, 0.2) is 6.20 Å². The Hall–Kier alpha value is -0.990. The molecule has 1 saturated carbocycles. The minimum absolute atomic E-state index is 0.458. The molecule has 1 fully saturated rings. The summed E-state index contributed by atoms with van der Waals surface area (Å²) >= 11 is 0. The summed E-state index contributed by atoms with van der Waals surface area (Å²) in [4.78, 5) is 0. The van der Waals surface area contributed by atoms with Gasteiger partial charge in [-0.2, -0.15) is 5.10 Å². The highest BCUT2D eigenvalue weighted by molar-refractivity contribution is 5.43. The monoisotopic (exact) mass is 221 g/mol. The van der Waals surface area contributed by atoms with Crippen molar-refractivity contribution in [1.29, 1.82) is 0 Å². The number of aromatic nitrogens is 2. The lowest BCUT2D eigenvalue weighted by Crippen LogP contribution is -2.09. The standard InChI is InChI=1S/C13H23N3/c1-3-10(2)16-9-12(14)13(15-16)11-7-5-4-6-8-11/h9-11H,3-8,14H2,1-2H3. The minimum atomic E-state index is 0.458. The highest BCUT2D eigenvalue weighted by Crippen LogP contribution is 2.34. The topological polar surface area (TPSA) is 43.8 Å². The Morgan fingerprint density at radius 2 is 2.12 bits per heavy atom. The van der Waals surface area contributed by atoms with Crippen LogP contribution in [0, 0.1) is 0 Å². The van der Waals surface area contributed by atoms with Gasteiger partial charge in [0.1, 0.15) is 0 Å². The second kappa shape index (κ2) is 4.89. The third kappa shape index (κ3) is 2.23. The normalized spacial score (nSPS) is 19.9. The van der Waals surface area contributed by atoms with Gasteiger partial charge in [0.05, 0.1) is 11.4 Å². The van der Waals surface area contributed by atoms with Crippen LogP contribution in [0.25, 0.3) is 0 Å². The van der Waals surface area contributed by atoms with Crippen molar-refractivity contribution in [2.75, 3.05) is 5.73 Å². The molecule has 0 aliphatic heterocycles. The van der Waals surface area contributed by atoms with E-state index in [1.807, 2.05) is 10.9 Å². The second-order valence-electron chi connectivity index (χ2n) is 5.04. The zero-order chi connectivity index (χ0) is 11.5.